The number of nitrogen functional groups attached to an aromatic ring is 2. The van der Waals surface area contributed by atoms with E-state index >= 15 is 0 Å². The van der Waals surface area contributed by atoms with Gasteiger partial charge in [-0.25, -0.2) is 9.97 Å². The maximum absolute atomic E-state index is 5.60. The molecule has 0 unspecified atom stereocenters. The topological polar surface area (TPSA) is 87.1 Å². The van der Waals surface area contributed by atoms with Crippen molar-refractivity contribution < 1.29 is 4.74 Å². The van der Waals surface area contributed by atoms with Crippen LogP contribution < -0.4 is 16.2 Å². The van der Waals surface area contributed by atoms with Gasteiger partial charge in [-0.2, -0.15) is 0 Å². The molecule has 0 aliphatic carbocycles. The average molecular weight is 341 g/mol. The molecule has 4 N–H and O–H groups in total. The van der Waals surface area contributed by atoms with Crippen LogP contribution in [0.2, 0.25) is 0 Å². The zero-order chi connectivity index (χ0) is 13.7. The van der Waals surface area contributed by atoms with E-state index in [-0.39, 0.29) is 0 Å². The van der Waals surface area contributed by atoms with Gasteiger partial charge in [0, 0.05) is 16.3 Å². The summed E-state index contributed by atoms with van der Waals surface area (Å²) in [6, 6.07) is 9.23. The standard InChI is InChI=1S/C12H13BrN4OS/c13-8-2-1-3-9(6-8)18-4-5-19-12-16-10(14)7-11(15)17-12/h1-3,6-7H,4-5H2,(H4,14,15,16,17). The average Bonchev–Trinajstić information content (AvgIpc) is 2.34. The second-order valence-corrected chi connectivity index (χ2v) is 5.63. The van der Waals surface area contributed by atoms with Crippen molar-refractivity contribution in [3.63, 3.8) is 0 Å². The SMILES string of the molecule is Nc1cc(N)nc(SCCOc2cccc(Br)c2)n1. The molecule has 1 heterocycles. The molecule has 0 fully saturated rings. The second-order valence-electron chi connectivity index (χ2n) is 3.65. The zero-order valence-electron chi connectivity index (χ0n) is 10.0. The van der Waals surface area contributed by atoms with E-state index < -0.39 is 0 Å². The van der Waals surface area contributed by atoms with Gasteiger partial charge < -0.3 is 16.2 Å². The molecular weight excluding hydrogens is 328 g/mol. The summed E-state index contributed by atoms with van der Waals surface area (Å²) in [6.45, 7) is 0.555. The van der Waals surface area contributed by atoms with Crippen LogP contribution in [0.25, 0.3) is 0 Å². The van der Waals surface area contributed by atoms with Crippen molar-refractivity contribution in [2.24, 2.45) is 0 Å². The third kappa shape index (κ3) is 4.60. The van der Waals surface area contributed by atoms with Crippen molar-refractivity contribution >= 4 is 39.3 Å². The van der Waals surface area contributed by atoms with Crippen molar-refractivity contribution in [2.45, 2.75) is 5.16 Å². The summed E-state index contributed by atoms with van der Waals surface area (Å²) in [6.07, 6.45) is 0. The Morgan fingerprint density at radius 2 is 1.89 bits per heavy atom. The second kappa shape index (κ2) is 6.63. The molecule has 0 radical (unpaired) electrons. The van der Waals surface area contributed by atoms with E-state index in [2.05, 4.69) is 25.9 Å². The molecule has 100 valence electrons. The third-order valence-electron chi connectivity index (χ3n) is 2.12. The van der Waals surface area contributed by atoms with Crippen molar-refractivity contribution in [1.82, 2.24) is 9.97 Å². The number of halogens is 1. The molecule has 7 heteroatoms. The molecule has 2 rings (SSSR count). The number of anilines is 2. The summed E-state index contributed by atoms with van der Waals surface area (Å²) in [7, 11) is 0. The summed E-state index contributed by atoms with van der Waals surface area (Å²) in [5, 5.41) is 0.565. The van der Waals surface area contributed by atoms with Crippen LogP contribution in [0.5, 0.6) is 5.75 Å². The monoisotopic (exact) mass is 340 g/mol. The van der Waals surface area contributed by atoms with Crippen LogP contribution in [0, 0.1) is 0 Å². The molecule has 0 saturated heterocycles. The van der Waals surface area contributed by atoms with Gasteiger partial charge in [0.15, 0.2) is 5.16 Å². The number of hydrogen-bond donors (Lipinski definition) is 2. The van der Waals surface area contributed by atoms with Crippen molar-refractivity contribution in [3.8, 4) is 5.75 Å². The molecule has 0 spiro atoms. The Kier molecular flexibility index (Phi) is 4.86. The highest BCUT2D eigenvalue weighted by atomic mass is 79.9. The van der Waals surface area contributed by atoms with Gasteiger partial charge in [-0.05, 0) is 18.2 Å². The lowest BCUT2D eigenvalue weighted by Gasteiger charge is -2.06. The normalized spacial score (nSPS) is 10.4. The van der Waals surface area contributed by atoms with Gasteiger partial charge in [0.05, 0.1) is 6.61 Å². The Balaban J connectivity index is 1.80. The van der Waals surface area contributed by atoms with Gasteiger partial charge in [-0.3, -0.25) is 0 Å². The Morgan fingerprint density at radius 1 is 1.16 bits per heavy atom. The van der Waals surface area contributed by atoms with E-state index in [0.717, 1.165) is 16.0 Å². The van der Waals surface area contributed by atoms with Gasteiger partial charge in [0.1, 0.15) is 17.4 Å². The molecular formula is C12H13BrN4OS. The first-order valence-corrected chi connectivity index (χ1v) is 7.32. The molecule has 0 bridgehead atoms. The highest BCUT2D eigenvalue weighted by molar-refractivity contribution is 9.10. The number of aromatic nitrogens is 2. The van der Waals surface area contributed by atoms with Crippen LogP contribution in [0.4, 0.5) is 11.6 Å². The smallest absolute Gasteiger partial charge is 0.191 e. The molecule has 0 aliphatic rings. The van der Waals surface area contributed by atoms with Gasteiger partial charge in [0.25, 0.3) is 0 Å². The predicted octanol–water partition coefficient (Wildman–Crippen LogP) is 2.57. The number of benzene rings is 1. The minimum Gasteiger partial charge on any atom is -0.493 e. The lowest BCUT2D eigenvalue weighted by atomic mass is 10.3. The van der Waals surface area contributed by atoms with E-state index in [1.54, 1.807) is 0 Å². The van der Waals surface area contributed by atoms with Gasteiger partial charge in [-0.1, -0.05) is 33.8 Å². The van der Waals surface area contributed by atoms with Gasteiger partial charge in [-0.15, -0.1) is 0 Å². The van der Waals surface area contributed by atoms with E-state index in [4.69, 9.17) is 16.2 Å². The largest absolute Gasteiger partial charge is 0.493 e. The summed E-state index contributed by atoms with van der Waals surface area (Å²) < 4.78 is 6.59. The number of nitrogens with two attached hydrogens (primary N) is 2. The summed E-state index contributed by atoms with van der Waals surface area (Å²) >= 11 is 4.84. The van der Waals surface area contributed by atoms with Crippen LogP contribution in [0.1, 0.15) is 0 Å². The third-order valence-corrected chi connectivity index (χ3v) is 3.43. The molecule has 19 heavy (non-hydrogen) atoms. The Morgan fingerprint density at radius 3 is 2.58 bits per heavy atom. The molecule has 0 aliphatic heterocycles. The molecule has 0 saturated carbocycles. The van der Waals surface area contributed by atoms with Crippen molar-refractivity contribution in [1.29, 1.82) is 0 Å². The van der Waals surface area contributed by atoms with Crippen LogP contribution in [-0.2, 0) is 0 Å². The Bertz CT molecular complexity index is 547. The van der Waals surface area contributed by atoms with Crippen LogP contribution >= 0.6 is 27.7 Å². The molecule has 1 aromatic heterocycles. The molecule has 0 amide bonds. The first-order valence-electron chi connectivity index (χ1n) is 5.55. The van der Waals surface area contributed by atoms with Gasteiger partial charge >= 0.3 is 0 Å². The number of nitrogens with zero attached hydrogens (tertiary/aromatic N) is 2. The minimum absolute atomic E-state index is 0.378. The highest BCUT2D eigenvalue weighted by Gasteiger charge is 2.02. The fraction of sp³-hybridized carbons (Fsp3) is 0.167. The summed E-state index contributed by atoms with van der Waals surface area (Å²) in [5.41, 5.74) is 11.2. The maximum Gasteiger partial charge on any atom is 0.191 e. The number of hydrogen-bond acceptors (Lipinski definition) is 6. The lowest BCUT2D eigenvalue weighted by molar-refractivity contribution is 0.343. The molecule has 1 aromatic carbocycles. The molecule has 5 nitrogen and oxygen atoms in total. The van der Waals surface area contributed by atoms with Crippen LogP contribution in [0.15, 0.2) is 40.0 Å². The van der Waals surface area contributed by atoms with Crippen LogP contribution in [-0.4, -0.2) is 22.3 Å². The van der Waals surface area contributed by atoms with Crippen molar-refractivity contribution in [2.75, 3.05) is 23.8 Å². The summed E-state index contributed by atoms with van der Waals surface area (Å²) in [5.74, 6) is 2.30. The number of rotatable bonds is 5. The fourth-order valence-electron chi connectivity index (χ4n) is 1.38. The van der Waals surface area contributed by atoms with Gasteiger partial charge in [0.2, 0.25) is 0 Å². The maximum atomic E-state index is 5.60. The number of ether oxygens (including phenoxy) is 1. The molecule has 2 aromatic rings. The van der Waals surface area contributed by atoms with E-state index in [1.165, 1.54) is 17.8 Å². The first kappa shape index (κ1) is 14.0. The summed E-state index contributed by atoms with van der Waals surface area (Å²) in [4.78, 5) is 8.16. The molecule has 0 atom stereocenters. The minimum atomic E-state index is 0.378. The predicted molar refractivity (Wildman–Crippen MR) is 81.2 cm³/mol. The van der Waals surface area contributed by atoms with E-state index in [0.29, 0.717) is 23.4 Å². The van der Waals surface area contributed by atoms with E-state index in [9.17, 15) is 0 Å². The highest BCUT2D eigenvalue weighted by Crippen LogP contribution is 2.19. The number of thioether (sulfide) groups is 1. The zero-order valence-corrected chi connectivity index (χ0v) is 12.4. The van der Waals surface area contributed by atoms with E-state index in [1.807, 2.05) is 24.3 Å². The van der Waals surface area contributed by atoms with Crippen LogP contribution in [0.3, 0.4) is 0 Å². The Hall–Kier alpha value is -1.47. The Labute approximate surface area is 123 Å². The quantitative estimate of drug-likeness (QED) is 0.494. The fourth-order valence-corrected chi connectivity index (χ4v) is 2.44. The lowest BCUT2D eigenvalue weighted by Crippen LogP contribution is -2.03. The van der Waals surface area contributed by atoms with Crippen molar-refractivity contribution in [3.05, 3.63) is 34.8 Å². The first-order chi connectivity index (χ1) is 9.13.